The Balaban J connectivity index is 2.80. The molecule has 0 atom stereocenters. The van der Waals surface area contributed by atoms with E-state index in [1.54, 1.807) is 12.1 Å². The van der Waals surface area contributed by atoms with Crippen LogP contribution in [0.5, 0.6) is 0 Å². The third-order valence-electron chi connectivity index (χ3n) is 1.07. The first kappa shape index (κ1) is 7.99. The summed E-state index contributed by atoms with van der Waals surface area (Å²) in [5.74, 6) is 4.94. The van der Waals surface area contributed by atoms with Gasteiger partial charge < -0.3 is 5.11 Å². The summed E-state index contributed by atoms with van der Waals surface area (Å²) in [7, 11) is 0. The first-order valence-corrected chi connectivity index (χ1v) is 3.83. The number of carbonyl (C=O) groups excluding carboxylic acids is 1. The third kappa shape index (κ3) is 2.19. The lowest BCUT2D eigenvalue weighted by atomic mass is 10.4. The smallest absolute Gasteiger partial charge is 0.193 e. The van der Waals surface area contributed by atoms with E-state index in [9.17, 15) is 4.79 Å². The van der Waals surface area contributed by atoms with Gasteiger partial charge in [0.05, 0.1) is 11.5 Å². The zero-order chi connectivity index (χ0) is 8.10. The quantitative estimate of drug-likeness (QED) is 0.494. The van der Waals surface area contributed by atoms with E-state index in [-0.39, 0.29) is 6.61 Å². The topological polar surface area (TPSA) is 37.3 Å². The van der Waals surface area contributed by atoms with Crippen LogP contribution in [0.4, 0.5) is 0 Å². The van der Waals surface area contributed by atoms with Gasteiger partial charge in [0.2, 0.25) is 0 Å². The summed E-state index contributed by atoms with van der Waals surface area (Å²) in [6.07, 6.45) is 0.554. The molecule has 0 aromatic carbocycles. The number of hydrogen-bond donors (Lipinski definition) is 1. The van der Waals surface area contributed by atoms with Crippen LogP contribution in [0.2, 0.25) is 0 Å². The van der Waals surface area contributed by atoms with Gasteiger partial charge in [0.25, 0.3) is 0 Å². The van der Waals surface area contributed by atoms with Crippen LogP contribution < -0.4 is 0 Å². The Morgan fingerprint density at radius 2 is 2.45 bits per heavy atom. The van der Waals surface area contributed by atoms with Gasteiger partial charge in [0, 0.05) is 4.88 Å². The average Bonchev–Trinajstić information content (AvgIpc) is 2.48. The third-order valence-corrected chi connectivity index (χ3v) is 2.06. The van der Waals surface area contributed by atoms with Crippen molar-refractivity contribution in [1.82, 2.24) is 0 Å². The van der Waals surface area contributed by atoms with Crippen LogP contribution in [0.15, 0.2) is 12.1 Å². The molecule has 2 nitrogen and oxygen atoms in total. The van der Waals surface area contributed by atoms with Crippen molar-refractivity contribution in [2.24, 2.45) is 0 Å². The molecule has 1 aromatic heterocycles. The molecule has 0 amide bonds. The number of aliphatic hydroxyl groups is 1. The van der Waals surface area contributed by atoms with Crippen molar-refractivity contribution in [2.45, 2.75) is 6.61 Å². The molecular formula is C8H6O2S. The van der Waals surface area contributed by atoms with Gasteiger partial charge in [-0.05, 0) is 24.0 Å². The van der Waals surface area contributed by atoms with Gasteiger partial charge in [-0.25, -0.2) is 0 Å². The summed E-state index contributed by atoms with van der Waals surface area (Å²) in [5, 5.41) is 8.67. The Morgan fingerprint density at radius 1 is 1.64 bits per heavy atom. The molecule has 1 N–H and O–H groups in total. The van der Waals surface area contributed by atoms with E-state index >= 15 is 0 Å². The van der Waals surface area contributed by atoms with E-state index in [0.717, 1.165) is 9.75 Å². The summed E-state index contributed by atoms with van der Waals surface area (Å²) in [5.41, 5.74) is 0. The molecule has 0 saturated heterocycles. The zero-order valence-corrected chi connectivity index (χ0v) is 6.52. The molecule has 0 bridgehead atoms. The molecule has 0 fully saturated rings. The second kappa shape index (κ2) is 3.91. The van der Waals surface area contributed by atoms with Crippen molar-refractivity contribution in [1.29, 1.82) is 0 Å². The second-order valence-corrected chi connectivity index (χ2v) is 2.98. The SMILES string of the molecule is O=CC#Cc1ccc(CO)s1. The van der Waals surface area contributed by atoms with E-state index in [2.05, 4.69) is 11.8 Å². The number of aliphatic hydroxyl groups excluding tert-OH is 1. The van der Waals surface area contributed by atoms with E-state index in [0.29, 0.717) is 6.29 Å². The van der Waals surface area contributed by atoms with E-state index < -0.39 is 0 Å². The minimum atomic E-state index is 0.0352. The Hall–Kier alpha value is -1.11. The molecule has 3 heteroatoms. The van der Waals surface area contributed by atoms with Crippen LogP contribution in [0.3, 0.4) is 0 Å². The van der Waals surface area contributed by atoms with E-state index in [1.807, 2.05) is 0 Å². The Kier molecular flexibility index (Phi) is 2.84. The standard InChI is InChI=1S/C8H6O2S/c9-5-1-2-7-3-4-8(6-10)11-7/h3-5,10H,6H2. The Bertz CT molecular complexity index is 303. The summed E-state index contributed by atoms with van der Waals surface area (Å²) >= 11 is 1.39. The maximum atomic E-state index is 9.84. The van der Waals surface area contributed by atoms with Gasteiger partial charge in [-0.15, -0.1) is 11.3 Å². The van der Waals surface area contributed by atoms with Crippen LogP contribution in [-0.2, 0) is 11.4 Å². The summed E-state index contributed by atoms with van der Waals surface area (Å²) in [4.78, 5) is 11.5. The first-order valence-electron chi connectivity index (χ1n) is 3.01. The van der Waals surface area contributed by atoms with E-state index in [1.165, 1.54) is 11.3 Å². The average molecular weight is 166 g/mol. The molecule has 0 aliphatic heterocycles. The number of thiophene rings is 1. The number of aldehydes is 1. The highest BCUT2D eigenvalue weighted by atomic mass is 32.1. The van der Waals surface area contributed by atoms with Crippen LogP contribution in [0.1, 0.15) is 9.75 Å². The summed E-state index contributed by atoms with van der Waals surface area (Å²) in [6.45, 7) is 0.0352. The number of rotatable bonds is 1. The van der Waals surface area contributed by atoms with Crippen LogP contribution in [-0.4, -0.2) is 11.4 Å². The van der Waals surface area contributed by atoms with Crippen LogP contribution in [0, 0.1) is 11.8 Å². The fourth-order valence-electron chi connectivity index (χ4n) is 0.631. The highest BCUT2D eigenvalue weighted by Crippen LogP contribution is 2.14. The molecule has 11 heavy (non-hydrogen) atoms. The van der Waals surface area contributed by atoms with Crippen molar-refractivity contribution < 1.29 is 9.90 Å². The van der Waals surface area contributed by atoms with Gasteiger partial charge in [0.15, 0.2) is 6.29 Å². The normalized spacial score (nSPS) is 8.45. The number of carbonyl (C=O) groups is 1. The predicted molar refractivity (Wildman–Crippen MR) is 43.2 cm³/mol. The van der Waals surface area contributed by atoms with Gasteiger partial charge in [-0.1, -0.05) is 0 Å². The first-order chi connectivity index (χ1) is 5.36. The molecule has 0 unspecified atom stereocenters. The minimum absolute atomic E-state index is 0.0352. The molecule has 1 aromatic rings. The van der Waals surface area contributed by atoms with Gasteiger partial charge in [-0.2, -0.15) is 0 Å². The monoisotopic (exact) mass is 166 g/mol. The largest absolute Gasteiger partial charge is 0.391 e. The van der Waals surface area contributed by atoms with Crippen molar-refractivity contribution >= 4 is 17.6 Å². The number of hydrogen-bond acceptors (Lipinski definition) is 3. The molecule has 1 rings (SSSR count). The molecule has 0 radical (unpaired) electrons. The molecule has 56 valence electrons. The lowest BCUT2D eigenvalue weighted by Gasteiger charge is -1.80. The zero-order valence-electron chi connectivity index (χ0n) is 5.70. The lowest BCUT2D eigenvalue weighted by Crippen LogP contribution is -1.69. The molecule has 0 aliphatic carbocycles. The highest BCUT2D eigenvalue weighted by Gasteiger charge is 1.93. The Morgan fingerprint density at radius 3 is 3.00 bits per heavy atom. The molecular weight excluding hydrogens is 160 g/mol. The predicted octanol–water partition coefficient (Wildman–Crippen LogP) is 0.791. The fraction of sp³-hybridized carbons (Fsp3) is 0.125. The maximum Gasteiger partial charge on any atom is 0.193 e. The van der Waals surface area contributed by atoms with Crippen LogP contribution >= 0.6 is 11.3 Å². The molecule has 1 heterocycles. The molecule has 0 spiro atoms. The Labute approximate surface area is 68.5 Å². The van der Waals surface area contributed by atoms with Crippen LogP contribution in [0.25, 0.3) is 0 Å². The van der Waals surface area contributed by atoms with Gasteiger partial charge in [-0.3, -0.25) is 4.79 Å². The van der Waals surface area contributed by atoms with Gasteiger partial charge >= 0.3 is 0 Å². The van der Waals surface area contributed by atoms with E-state index in [4.69, 9.17) is 5.11 Å². The minimum Gasteiger partial charge on any atom is -0.391 e. The summed E-state index contributed by atoms with van der Waals surface area (Å²) in [6, 6.07) is 3.58. The maximum absolute atomic E-state index is 9.84. The van der Waals surface area contributed by atoms with Crippen molar-refractivity contribution in [2.75, 3.05) is 0 Å². The molecule has 0 saturated carbocycles. The molecule has 0 aliphatic rings. The van der Waals surface area contributed by atoms with Crippen molar-refractivity contribution in [3.05, 3.63) is 21.9 Å². The van der Waals surface area contributed by atoms with Crippen molar-refractivity contribution in [3.63, 3.8) is 0 Å². The second-order valence-electron chi connectivity index (χ2n) is 1.81. The fourth-order valence-corrected chi connectivity index (χ4v) is 1.36. The lowest BCUT2D eigenvalue weighted by molar-refractivity contribution is -0.103. The summed E-state index contributed by atoms with van der Waals surface area (Å²) < 4.78 is 0. The van der Waals surface area contributed by atoms with Gasteiger partial charge in [0.1, 0.15) is 0 Å². The highest BCUT2D eigenvalue weighted by molar-refractivity contribution is 7.12. The van der Waals surface area contributed by atoms with Crippen molar-refractivity contribution in [3.8, 4) is 11.8 Å².